The number of sulfonamides is 1. The zero-order chi connectivity index (χ0) is 24.7. The van der Waals surface area contributed by atoms with E-state index < -0.39 is 22.5 Å². The van der Waals surface area contributed by atoms with Crippen molar-refractivity contribution in [3.05, 3.63) is 83.4 Å². The Morgan fingerprint density at radius 3 is 2.24 bits per heavy atom. The molecule has 3 rings (SSSR count). The van der Waals surface area contributed by atoms with Crippen LogP contribution >= 0.6 is 11.6 Å². The van der Waals surface area contributed by atoms with Crippen LogP contribution in [0.1, 0.15) is 18.4 Å². The van der Waals surface area contributed by atoms with Gasteiger partial charge in [-0.15, -0.1) is 0 Å². The third-order valence-corrected chi connectivity index (χ3v) is 7.34. The Morgan fingerprint density at radius 2 is 1.62 bits per heavy atom. The highest BCUT2D eigenvalue weighted by atomic mass is 35.5. The van der Waals surface area contributed by atoms with Crippen LogP contribution in [0, 0.1) is 0 Å². The molecule has 0 unspecified atom stereocenters. The number of carbonyl (C=O) groups excluding carboxylic acids is 1. The molecule has 1 amide bonds. The Morgan fingerprint density at radius 1 is 0.971 bits per heavy atom. The minimum atomic E-state index is -4.12. The SMILES string of the molecule is COc1ccc(S(=O)(=O)N(CC(=O)NC[C@H](C)c2ccccc2)c2ccc(Cl)cc2)cc1OC. The normalized spacial score (nSPS) is 12.0. The molecule has 0 aliphatic heterocycles. The van der Waals surface area contributed by atoms with Crippen LogP contribution in [0.5, 0.6) is 11.5 Å². The van der Waals surface area contributed by atoms with Gasteiger partial charge in [0.25, 0.3) is 10.0 Å². The molecule has 0 aliphatic carbocycles. The summed E-state index contributed by atoms with van der Waals surface area (Å²) in [6, 6.07) is 20.3. The zero-order valence-corrected chi connectivity index (χ0v) is 20.8. The number of nitrogens with one attached hydrogen (secondary N) is 1. The monoisotopic (exact) mass is 502 g/mol. The number of hydrogen-bond donors (Lipinski definition) is 1. The van der Waals surface area contributed by atoms with Crippen molar-refractivity contribution in [3.8, 4) is 11.5 Å². The summed E-state index contributed by atoms with van der Waals surface area (Å²) in [6.07, 6.45) is 0. The molecule has 0 heterocycles. The fraction of sp³-hybridized carbons (Fsp3) is 0.240. The van der Waals surface area contributed by atoms with E-state index in [1.807, 2.05) is 37.3 Å². The van der Waals surface area contributed by atoms with E-state index in [1.165, 1.54) is 32.4 Å². The number of rotatable bonds is 10. The number of amides is 1. The molecule has 3 aromatic carbocycles. The molecule has 7 nitrogen and oxygen atoms in total. The van der Waals surface area contributed by atoms with E-state index in [0.29, 0.717) is 23.0 Å². The number of anilines is 1. The summed E-state index contributed by atoms with van der Waals surface area (Å²) in [5, 5.41) is 3.29. The highest BCUT2D eigenvalue weighted by Crippen LogP contribution is 2.32. The highest BCUT2D eigenvalue weighted by Gasteiger charge is 2.28. The molecular formula is C25H27ClN2O5S. The van der Waals surface area contributed by atoms with Crippen LogP contribution in [0.3, 0.4) is 0 Å². The van der Waals surface area contributed by atoms with Crippen molar-refractivity contribution >= 4 is 33.2 Å². The molecule has 180 valence electrons. The Balaban J connectivity index is 1.87. The number of halogens is 1. The van der Waals surface area contributed by atoms with Gasteiger partial charge in [-0.1, -0.05) is 48.9 Å². The molecule has 34 heavy (non-hydrogen) atoms. The maximum atomic E-state index is 13.6. The number of hydrogen-bond acceptors (Lipinski definition) is 5. The van der Waals surface area contributed by atoms with Crippen LogP contribution in [0.2, 0.25) is 5.02 Å². The van der Waals surface area contributed by atoms with Gasteiger partial charge in [0.1, 0.15) is 6.54 Å². The van der Waals surface area contributed by atoms with Gasteiger partial charge < -0.3 is 14.8 Å². The predicted molar refractivity (Wildman–Crippen MR) is 133 cm³/mol. The fourth-order valence-corrected chi connectivity index (χ4v) is 4.94. The van der Waals surface area contributed by atoms with Crippen molar-refractivity contribution in [2.75, 3.05) is 31.6 Å². The molecule has 0 aliphatic rings. The van der Waals surface area contributed by atoms with Gasteiger partial charge >= 0.3 is 0 Å². The molecule has 0 fully saturated rings. The van der Waals surface area contributed by atoms with Crippen LogP contribution in [0.25, 0.3) is 0 Å². The second-order valence-corrected chi connectivity index (χ2v) is 9.92. The first-order chi connectivity index (χ1) is 16.3. The van der Waals surface area contributed by atoms with Gasteiger partial charge in [0.05, 0.1) is 24.8 Å². The molecule has 9 heteroatoms. The average molecular weight is 503 g/mol. The van der Waals surface area contributed by atoms with E-state index >= 15 is 0 Å². The number of carbonyl (C=O) groups is 1. The lowest BCUT2D eigenvalue weighted by Gasteiger charge is -2.25. The standard InChI is InChI=1S/C25H27ClN2O5S/c1-18(19-7-5-4-6-8-19)16-27-25(29)17-28(21-11-9-20(26)10-12-21)34(30,31)22-13-14-23(32-2)24(15-22)33-3/h4-15,18H,16-17H2,1-3H3,(H,27,29)/t18-/m0/s1. The summed E-state index contributed by atoms with van der Waals surface area (Å²) < 4.78 is 38.7. The van der Waals surface area contributed by atoms with Crippen LogP contribution in [0.4, 0.5) is 5.69 Å². The topological polar surface area (TPSA) is 84.9 Å². The smallest absolute Gasteiger partial charge is 0.264 e. The molecule has 0 bridgehead atoms. The van der Waals surface area contributed by atoms with Gasteiger partial charge in [-0.2, -0.15) is 0 Å². The lowest BCUT2D eigenvalue weighted by molar-refractivity contribution is -0.119. The van der Waals surface area contributed by atoms with Crippen molar-refractivity contribution in [2.45, 2.75) is 17.7 Å². The highest BCUT2D eigenvalue weighted by molar-refractivity contribution is 7.92. The van der Waals surface area contributed by atoms with Crippen molar-refractivity contribution in [3.63, 3.8) is 0 Å². The summed E-state index contributed by atoms with van der Waals surface area (Å²) in [4.78, 5) is 12.8. The Labute approximate surface area is 205 Å². The van der Waals surface area contributed by atoms with Crippen LogP contribution in [-0.4, -0.2) is 41.6 Å². The number of benzene rings is 3. The Kier molecular flexibility index (Phi) is 8.41. The lowest BCUT2D eigenvalue weighted by Crippen LogP contribution is -2.41. The van der Waals surface area contributed by atoms with E-state index in [-0.39, 0.29) is 16.6 Å². The van der Waals surface area contributed by atoms with E-state index in [2.05, 4.69) is 5.32 Å². The first kappa shape index (κ1) is 25.4. The van der Waals surface area contributed by atoms with Crippen molar-refractivity contribution < 1.29 is 22.7 Å². The molecule has 1 atom stereocenters. The van der Waals surface area contributed by atoms with Crippen LogP contribution in [0.15, 0.2) is 77.7 Å². The van der Waals surface area contributed by atoms with Crippen molar-refractivity contribution in [2.24, 2.45) is 0 Å². The maximum Gasteiger partial charge on any atom is 0.264 e. The zero-order valence-electron chi connectivity index (χ0n) is 19.2. The van der Waals surface area contributed by atoms with Crippen LogP contribution in [-0.2, 0) is 14.8 Å². The van der Waals surface area contributed by atoms with Gasteiger partial charge in [0, 0.05) is 17.6 Å². The molecule has 0 spiro atoms. The summed E-state index contributed by atoms with van der Waals surface area (Å²) in [5.41, 5.74) is 1.39. The van der Waals surface area contributed by atoms with Gasteiger partial charge in [0.15, 0.2) is 11.5 Å². The summed E-state index contributed by atoms with van der Waals surface area (Å²) >= 11 is 5.99. The van der Waals surface area contributed by atoms with Crippen molar-refractivity contribution in [1.82, 2.24) is 5.32 Å². The lowest BCUT2D eigenvalue weighted by atomic mass is 10.0. The fourth-order valence-electron chi connectivity index (χ4n) is 3.38. The second-order valence-electron chi connectivity index (χ2n) is 7.62. The van der Waals surface area contributed by atoms with E-state index in [4.69, 9.17) is 21.1 Å². The minimum absolute atomic E-state index is 0.0365. The van der Waals surface area contributed by atoms with E-state index in [0.717, 1.165) is 9.87 Å². The summed E-state index contributed by atoms with van der Waals surface area (Å²) in [5.74, 6) is 0.297. The molecule has 0 saturated heterocycles. The van der Waals surface area contributed by atoms with E-state index in [9.17, 15) is 13.2 Å². The average Bonchev–Trinajstić information content (AvgIpc) is 2.86. The van der Waals surface area contributed by atoms with Gasteiger partial charge in [0.2, 0.25) is 5.91 Å². The quantitative estimate of drug-likeness (QED) is 0.442. The number of nitrogens with zero attached hydrogens (tertiary/aromatic N) is 1. The first-order valence-corrected chi connectivity index (χ1v) is 12.4. The molecule has 0 aromatic heterocycles. The predicted octanol–water partition coefficient (Wildman–Crippen LogP) is 4.47. The Bertz CT molecular complexity index is 1220. The van der Waals surface area contributed by atoms with Gasteiger partial charge in [-0.3, -0.25) is 9.10 Å². The number of methoxy groups -OCH3 is 2. The summed E-state index contributed by atoms with van der Waals surface area (Å²) in [6.45, 7) is 1.96. The third kappa shape index (κ3) is 6.01. The van der Waals surface area contributed by atoms with E-state index in [1.54, 1.807) is 24.3 Å². The molecular weight excluding hydrogens is 476 g/mol. The third-order valence-electron chi connectivity index (χ3n) is 5.32. The number of ether oxygens (including phenoxy) is 2. The minimum Gasteiger partial charge on any atom is -0.493 e. The largest absolute Gasteiger partial charge is 0.493 e. The van der Waals surface area contributed by atoms with Crippen LogP contribution < -0.4 is 19.1 Å². The second kappa shape index (κ2) is 11.3. The molecule has 0 saturated carbocycles. The van der Waals surface area contributed by atoms with Crippen molar-refractivity contribution in [1.29, 1.82) is 0 Å². The first-order valence-electron chi connectivity index (χ1n) is 10.6. The van der Waals surface area contributed by atoms with Gasteiger partial charge in [-0.05, 0) is 47.9 Å². The summed E-state index contributed by atoms with van der Waals surface area (Å²) in [7, 11) is -1.23. The molecule has 1 N–H and O–H groups in total. The maximum absolute atomic E-state index is 13.6. The molecule has 0 radical (unpaired) electrons. The Hall–Kier alpha value is -3.23. The van der Waals surface area contributed by atoms with Gasteiger partial charge in [-0.25, -0.2) is 8.42 Å². The molecule has 3 aromatic rings.